The van der Waals surface area contributed by atoms with Crippen molar-refractivity contribution < 1.29 is 14.3 Å². The fourth-order valence-electron chi connectivity index (χ4n) is 4.16. The number of amides is 3. The van der Waals surface area contributed by atoms with E-state index in [1.807, 2.05) is 37.3 Å². The molecule has 0 saturated carbocycles. The van der Waals surface area contributed by atoms with Gasteiger partial charge >= 0.3 is 6.03 Å². The molecule has 1 aromatic carbocycles. The Kier molecular flexibility index (Phi) is 6.85. The molecule has 6 nitrogen and oxygen atoms in total. The van der Waals surface area contributed by atoms with Crippen molar-refractivity contribution in [3.63, 3.8) is 0 Å². The third kappa shape index (κ3) is 4.87. The Morgan fingerprint density at radius 3 is 2.67 bits per heavy atom. The average molecular weight is 373 g/mol. The van der Waals surface area contributed by atoms with Gasteiger partial charge in [-0.3, -0.25) is 9.69 Å². The van der Waals surface area contributed by atoms with E-state index in [4.69, 9.17) is 4.74 Å². The minimum absolute atomic E-state index is 0.00825. The van der Waals surface area contributed by atoms with Crippen molar-refractivity contribution >= 4 is 11.9 Å². The van der Waals surface area contributed by atoms with Gasteiger partial charge in [-0.2, -0.15) is 0 Å². The lowest BCUT2D eigenvalue weighted by atomic mass is 9.92. The number of likely N-dealkylation sites (tertiary alicyclic amines) is 1. The first kappa shape index (κ1) is 19.8. The molecule has 2 aliphatic heterocycles. The molecule has 1 aromatic rings. The van der Waals surface area contributed by atoms with Crippen LogP contribution in [0.15, 0.2) is 30.3 Å². The number of hydrogen-bond donors (Lipinski definition) is 0. The van der Waals surface area contributed by atoms with E-state index in [0.29, 0.717) is 6.54 Å². The monoisotopic (exact) mass is 373 g/mol. The number of ether oxygens (including phenoxy) is 1. The molecule has 148 valence electrons. The molecule has 6 heteroatoms. The van der Waals surface area contributed by atoms with E-state index in [0.717, 1.165) is 51.3 Å². The Morgan fingerprint density at radius 1 is 1.19 bits per heavy atom. The van der Waals surface area contributed by atoms with Crippen LogP contribution in [0.5, 0.6) is 0 Å². The normalized spacial score (nSPS) is 24.1. The zero-order valence-electron chi connectivity index (χ0n) is 16.5. The van der Waals surface area contributed by atoms with Crippen molar-refractivity contribution in [1.29, 1.82) is 0 Å². The Labute approximate surface area is 162 Å². The smallest absolute Gasteiger partial charge is 0.327 e. The summed E-state index contributed by atoms with van der Waals surface area (Å²) in [6, 6.07) is 9.72. The van der Waals surface area contributed by atoms with Gasteiger partial charge in [-0.05, 0) is 31.2 Å². The second-order valence-corrected chi connectivity index (χ2v) is 7.57. The first-order valence-corrected chi connectivity index (χ1v) is 10.0. The second-order valence-electron chi connectivity index (χ2n) is 7.57. The number of urea groups is 1. The van der Waals surface area contributed by atoms with E-state index >= 15 is 0 Å². The van der Waals surface area contributed by atoms with Crippen LogP contribution in [-0.4, -0.2) is 72.1 Å². The SMILES string of the molecule is CCOCCCN1CC[C@@H](N2C(=O)CN(Cc3ccccc3)C2=O)[C@H](C)C1. The number of carbonyl (C=O) groups is 2. The van der Waals surface area contributed by atoms with E-state index < -0.39 is 0 Å². The van der Waals surface area contributed by atoms with Gasteiger partial charge in [0.15, 0.2) is 0 Å². The highest BCUT2D eigenvalue weighted by Gasteiger charge is 2.43. The van der Waals surface area contributed by atoms with Crippen molar-refractivity contribution in [2.24, 2.45) is 5.92 Å². The third-order valence-corrected chi connectivity index (χ3v) is 5.53. The lowest BCUT2D eigenvalue weighted by molar-refractivity contribution is -0.128. The molecule has 3 amide bonds. The predicted octanol–water partition coefficient (Wildman–Crippen LogP) is 2.59. The predicted molar refractivity (Wildman–Crippen MR) is 104 cm³/mol. The minimum atomic E-state index is -0.134. The molecular formula is C21H31N3O3. The topological polar surface area (TPSA) is 53.1 Å². The minimum Gasteiger partial charge on any atom is -0.382 e. The Hall–Kier alpha value is -1.92. The standard InChI is InChI=1S/C21H31N3O3/c1-3-27-13-7-11-22-12-10-19(17(2)14-22)24-20(25)16-23(21(24)26)15-18-8-5-4-6-9-18/h4-6,8-9,17,19H,3,7,10-16H2,1-2H3/t17-,19-/m1/s1. The van der Waals surface area contributed by atoms with Gasteiger partial charge in [0.05, 0.1) is 0 Å². The van der Waals surface area contributed by atoms with Crippen LogP contribution in [0.4, 0.5) is 4.79 Å². The molecule has 2 saturated heterocycles. The van der Waals surface area contributed by atoms with Crippen LogP contribution in [0.3, 0.4) is 0 Å². The molecular weight excluding hydrogens is 342 g/mol. The fourth-order valence-corrected chi connectivity index (χ4v) is 4.16. The second kappa shape index (κ2) is 9.33. The molecule has 2 aliphatic rings. The maximum absolute atomic E-state index is 12.9. The number of nitrogens with zero attached hydrogens (tertiary/aromatic N) is 3. The molecule has 0 N–H and O–H groups in total. The summed E-state index contributed by atoms with van der Waals surface area (Å²) in [5.74, 6) is 0.230. The van der Waals surface area contributed by atoms with Crippen molar-refractivity contribution in [2.75, 3.05) is 39.4 Å². The van der Waals surface area contributed by atoms with Crippen molar-refractivity contribution in [3.05, 3.63) is 35.9 Å². The highest BCUT2D eigenvalue weighted by molar-refractivity contribution is 6.02. The molecule has 2 atom stereocenters. The number of carbonyl (C=O) groups excluding carboxylic acids is 2. The van der Waals surface area contributed by atoms with Crippen LogP contribution in [0, 0.1) is 5.92 Å². The maximum atomic E-state index is 12.9. The molecule has 27 heavy (non-hydrogen) atoms. The maximum Gasteiger partial charge on any atom is 0.327 e. The van der Waals surface area contributed by atoms with Gasteiger partial charge in [-0.1, -0.05) is 37.3 Å². The lowest BCUT2D eigenvalue weighted by Gasteiger charge is -2.40. The summed E-state index contributed by atoms with van der Waals surface area (Å²) in [4.78, 5) is 31.1. The first-order valence-electron chi connectivity index (χ1n) is 10.0. The number of hydrogen-bond acceptors (Lipinski definition) is 4. The zero-order chi connectivity index (χ0) is 19.2. The summed E-state index contributed by atoms with van der Waals surface area (Å²) in [6.07, 6.45) is 1.88. The van der Waals surface area contributed by atoms with Crippen molar-refractivity contribution in [2.45, 2.75) is 39.3 Å². The molecule has 0 radical (unpaired) electrons. The van der Waals surface area contributed by atoms with Crippen LogP contribution in [-0.2, 0) is 16.1 Å². The zero-order valence-corrected chi connectivity index (χ0v) is 16.5. The molecule has 0 aromatic heterocycles. The van der Waals surface area contributed by atoms with Crippen LogP contribution >= 0.6 is 0 Å². The largest absolute Gasteiger partial charge is 0.382 e. The number of benzene rings is 1. The van der Waals surface area contributed by atoms with Gasteiger partial charge in [0.1, 0.15) is 6.54 Å². The summed E-state index contributed by atoms with van der Waals surface area (Å²) in [5.41, 5.74) is 1.05. The first-order chi connectivity index (χ1) is 13.1. The Bertz CT molecular complexity index is 637. The molecule has 0 aliphatic carbocycles. The van der Waals surface area contributed by atoms with Crippen LogP contribution in [0.1, 0.15) is 32.3 Å². The van der Waals surface area contributed by atoms with Gasteiger partial charge in [0.25, 0.3) is 5.91 Å². The van der Waals surface area contributed by atoms with Gasteiger partial charge in [-0.25, -0.2) is 4.79 Å². The van der Waals surface area contributed by atoms with E-state index in [1.54, 1.807) is 4.90 Å². The highest BCUT2D eigenvalue weighted by Crippen LogP contribution is 2.27. The van der Waals surface area contributed by atoms with Crippen LogP contribution in [0.2, 0.25) is 0 Å². The summed E-state index contributed by atoms with van der Waals surface area (Å²) < 4.78 is 5.41. The van der Waals surface area contributed by atoms with Gasteiger partial charge in [-0.15, -0.1) is 0 Å². The molecule has 2 heterocycles. The van der Waals surface area contributed by atoms with Crippen LogP contribution in [0.25, 0.3) is 0 Å². The third-order valence-electron chi connectivity index (χ3n) is 5.53. The van der Waals surface area contributed by atoms with Gasteiger partial charge in [0, 0.05) is 45.4 Å². The number of rotatable bonds is 8. The van der Waals surface area contributed by atoms with Gasteiger partial charge in [0.2, 0.25) is 0 Å². The number of piperidine rings is 1. The molecule has 0 bridgehead atoms. The lowest BCUT2D eigenvalue weighted by Crippen LogP contribution is -2.52. The van der Waals surface area contributed by atoms with E-state index in [-0.39, 0.29) is 30.4 Å². The molecule has 0 unspecified atom stereocenters. The van der Waals surface area contributed by atoms with Crippen molar-refractivity contribution in [3.8, 4) is 0 Å². The molecule has 2 fully saturated rings. The van der Waals surface area contributed by atoms with E-state index in [9.17, 15) is 9.59 Å². The summed E-state index contributed by atoms with van der Waals surface area (Å²) in [5, 5.41) is 0. The van der Waals surface area contributed by atoms with Gasteiger partial charge < -0.3 is 14.5 Å². The van der Waals surface area contributed by atoms with E-state index in [1.165, 1.54) is 4.90 Å². The van der Waals surface area contributed by atoms with E-state index in [2.05, 4.69) is 11.8 Å². The summed E-state index contributed by atoms with van der Waals surface area (Å²) >= 11 is 0. The van der Waals surface area contributed by atoms with Crippen molar-refractivity contribution in [1.82, 2.24) is 14.7 Å². The highest BCUT2D eigenvalue weighted by atomic mass is 16.5. The van der Waals surface area contributed by atoms with Crippen LogP contribution < -0.4 is 0 Å². The molecule has 0 spiro atoms. The summed E-state index contributed by atoms with van der Waals surface area (Å²) in [6.45, 7) is 9.27. The number of imide groups is 1. The quantitative estimate of drug-likeness (QED) is 0.519. The summed E-state index contributed by atoms with van der Waals surface area (Å²) in [7, 11) is 0. The average Bonchev–Trinajstić information content (AvgIpc) is 2.93. The fraction of sp³-hybridized carbons (Fsp3) is 0.619. The Morgan fingerprint density at radius 2 is 1.96 bits per heavy atom. The Balaban J connectivity index is 1.55. The molecule has 3 rings (SSSR count).